The van der Waals surface area contributed by atoms with Gasteiger partial charge in [0.15, 0.2) is 0 Å². The van der Waals surface area contributed by atoms with Crippen LogP contribution in [0, 0.1) is 17.1 Å². The summed E-state index contributed by atoms with van der Waals surface area (Å²) >= 11 is 1.75. The molecular weight excluding hydrogens is 459 g/mol. The molecule has 35 heavy (non-hydrogen) atoms. The third-order valence-electron chi connectivity index (χ3n) is 5.19. The molecule has 1 amide bonds. The standard InChI is InChI=1S/C29H23FN2O2S/c1-2-35-26-12-9-20(10-13-26)16-29(33)32-24-11-14-27(22-6-4-7-23(30)17-22)28(18-24)34-25-8-3-5-21(15-25)19-31/h3-15,17-18H,2,16H2,1H3,(H,32,33). The number of hydrogen-bond donors (Lipinski definition) is 1. The average molecular weight is 483 g/mol. The highest BCUT2D eigenvalue weighted by molar-refractivity contribution is 7.99. The molecule has 4 aromatic rings. The van der Waals surface area contributed by atoms with Gasteiger partial charge in [0, 0.05) is 22.2 Å². The zero-order valence-electron chi connectivity index (χ0n) is 19.1. The average Bonchev–Trinajstić information content (AvgIpc) is 2.86. The van der Waals surface area contributed by atoms with Crippen molar-refractivity contribution in [2.75, 3.05) is 11.1 Å². The number of hydrogen-bond acceptors (Lipinski definition) is 4. The number of thioether (sulfide) groups is 1. The predicted octanol–water partition coefficient (Wildman–Crippen LogP) is 7.45. The van der Waals surface area contributed by atoms with Crippen LogP contribution in [-0.4, -0.2) is 11.7 Å². The summed E-state index contributed by atoms with van der Waals surface area (Å²) in [7, 11) is 0. The SMILES string of the molecule is CCSc1ccc(CC(=O)Nc2ccc(-c3cccc(F)c3)c(Oc3cccc(C#N)c3)c2)cc1. The molecule has 1 N–H and O–H groups in total. The molecule has 174 valence electrons. The lowest BCUT2D eigenvalue weighted by atomic mass is 10.0. The topological polar surface area (TPSA) is 62.1 Å². The van der Waals surface area contributed by atoms with E-state index in [-0.39, 0.29) is 18.1 Å². The van der Waals surface area contributed by atoms with Crippen molar-refractivity contribution in [2.24, 2.45) is 0 Å². The Morgan fingerprint density at radius 3 is 2.54 bits per heavy atom. The Morgan fingerprint density at radius 1 is 1.00 bits per heavy atom. The van der Waals surface area contributed by atoms with Crippen LogP contribution in [0.15, 0.2) is 95.9 Å². The molecule has 0 bridgehead atoms. The number of carbonyl (C=O) groups is 1. The highest BCUT2D eigenvalue weighted by atomic mass is 32.2. The minimum absolute atomic E-state index is 0.156. The van der Waals surface area contributed by atoms with Gasteiger partial charge < -0.3 is 10.1 Å². The van der Waals surface area contributed by atoms with Gasteiger partial charge in [0.1, 0.15) is 17.3 Å². The zero-order chi connectivity index (χ0) is 24.6. The van der Waals surface area contributed by atoms with Gasteiger partial charge in [0.2, 0.25) is 5.91 Å². The summed E-state index contributed by atoms with van der Waals surface area (Å²) in [5.41, 5.74) is 3.24. The fraction of sp³-hybridized carbons (Fsp3) is 0.103. The fourth-order valence-corrected chi connectivity index (χ4v) is 4.26. The lowest BCUT2D eigenvalue weighted by molar-refractivity contribution is -0.115. The Balaban J connectivity index is 1.58. The summed E-state index contributed by atoms with van der Waals surface area (Å²) < 4.78 is 20.0. The molecule has 0 saturated carbocycles. The first kappa shape index (κ1) is 24.1. The van der Waals surface area contributed by atoms with Gasteiger partial charge in [0.25, 0.3) is 0 Å². The minimum atomic E-state index is -0.360. The number of anilines is 1. The summed E-state index contributed by atoms with van der Waals surface area (Å²) in [6, 6.07) is 28.3. The van der Waals surface area contributed by atoms with E-state index in [1.807, 2.05) is 24.3 Å². The van der Waals surface area contributed by atoms with Gasteiger partial charge in [-0.3, -0.25) is 4.79 Å². The van der Waals surface area contributed by atoms with Gasteiger partial charge in [-0.05, 0) is 71.5 Å². The highest BCUT2D eigenvalue weighted by Crippen LogP contribution is 2.36. The summed E-state index contributed by atoms with van der Waals surface area (Å²) in [4.78, 5) is 13.9. The van der Waals surface area contributed by atoms with Crippen LogP contribution in [0.5, 0.6) is 11.5 Å². The number of carbonyl (C=O) groups excluding carboxylic acids is 1. The number of amides is 1. The van der Waals surface area contributed by atoms with E-state index in [0.29, 0.717) is 33.9 Å². The van der Waals surface area contributed by atoms with E-state index in [1.165, 1.54) is 17.0 Å². The lowest BCUT2D eigenvalue weighted by Crippen LogP contribution is -2.14. The second-order valence-electron chi connectivity index (χ2n) is 7.76. The van der Waals surface area contributed by atoms with Crippen molar-refractivity contribution < 1.29 is 13.9 Å². The highest BCUT2D eigenvalue weighted by Gasteiger charge is 2.12. The monoisotopic (exact) mass is 482 g/mol. The van der Waals surface area contributed by atoms with E-state index < -0.39 is 0 Å². The van der Waals surface area contributed by atoms with E-state index in [0.717, 1.165) is 11.3 Å². The summed E-state index contributed by atoms with van der Waals surface area (Å²) in [6.45, 7) is 2.10. The second kappa shape index (κ2) is 11.4. The molecule has 0 aliphatic carbocycles. The lowest BCUT2D eigenvalue weighted by Gasteiger charge is -2.14. The minimum Gasteiger partial charge on any atom is -0.457 e. The molecule has 0 radical (unpaired) electrons. The van der Waals surface area contributed by atoms with Crippen LogP contribution in [0.1, 0.15) is 18.1 Å². The van der Waals surface area contributed by atoms with E-state index in [1.54, 1.807) is 66.4 Å². The molecule has 4 nitrogen and oxygen atoms in total. The maximum absolute atomic E-state index is 13.9. The molecule has 4 rings (SSSR count). The number of nitrogens with zero attached hydrogens (tertiary/aromatic N) is 1. The van der Waals surface area contributed by atoms with E-state index in [2.05, 4.69) is 18.3 Å². The van der Waals surface area contributed by atoms with Crippen LogP contribution in [-0.2, 0) is 11.2 Å². The predicted molar refractivity (Wildman–Crippen MR) is 138 cm³/mol. The molecule has 0 aromatic heterocycles. The number of ether oxygens (including phenoxy) is 1. The maximum atomic E-state index is 13.9. The molecule has 0 atom stereocenters. The number of rotatable bonds is 8. The van der Waals surface area contributed by atoms with Crippen LogP contribution >= 0.6 is 11.8 Å². The molecule has 0 unspecified atom stereocenters. The smallest absolute Gasteiger partial charge is 0.228 e. The van der Waals surface area contributed by atoms with Crippen LogP contribution in [0.2, 0.25) is 0 Å². The molecule has 0 aliphatic rings. The van der Waals surface area contributed by atoms with E-state index in [9.17, 15) is 14.4 Å². The van der Waals surface area contributed by atoms with Gasteiger partial charge in [-0.1, -0.05) is 37.3 Å². The Labute approximate surface area is 208 Å². The molecule has 6 heteroatoms. The molecule has 0 aliphatic heterocycles. The molecule has 0 fully saturated rings. The number of nitriles is 1. The first-order valence-electron chi connectivity index (χ1n) is 11.1. The van der Waals surface area contributed by atoms with Gasteiger partial charge in [0.05, 0.1) is 18.1 Å². The molecule has 4 aromatic carbocycles. The first-order valence-corrected chi connectivity index (χ1v) is 12.1. The number of halogens is 1. The Morgan fingerprint density at radius 2 is 1.80 bits per heavy atom. The van der Waals surface area contributed by atoms with Crippen molar-refractivity contribution in [3.63, 3.8) is 0 Å². The molecule has 0 spiro atoms. The van der Waals surface area contributed by atoms with Gasteiger partial charge in [-0.2, -0.15) is 5.26 Å². The summed E-state index contributed by atoms with van der Waals surface area (Å²) in [5.74, 6) is 1.38. The molecular formula is C29H23FN2O2S. The van der Waals surface area contributed by atoms with Crippen LogP contribution in [0.4, 0.5) is 10.1 Å². The Hall–Kier alpha value is -4.08. The van der Waals surface area contributed by atoms with Crippen LogP contribution < -0.4 is 10.1 Å². The number of benzene rings is 4. The van der Waals surface area contributed by atoms with Crippen molar-refractivity contribution in [3.8, 4) is 28.7 Å². The molecule has 0 heterocycles. The Bertz CT molecular complexity index is 1380. The zero-order valence-corrected chi connectivity index (χ0v) is 19.9. The van der Waals surface area contributed by atoms with Crippen molar-refractivity contribution in [2.45, 2.75) is 18.2 Å². The second-order valence-corrected chi connectivity index (χ2v) is 9.10. The largest absolute Gasteiger partial charge is 0.457 e. The normalized spacial score (nSPS) is 10.4. The quantitative estimate of drug-likeness (QED) is 0.265. The van der Waals surface area contributed by atoms with Crippen molar-refractivity contribution in [1.82, 2.24) is 0 Å². The van der Waals surface area contributed by atoms with Gasteiger partial charge in [-0.25, -0.2) is 4.39 Å². The maximum Gasteiger partial charge on any atom is 0.228 e. The van der Waals surface area contributed by atoms with Crippen LogP contribution in [0.25, 0.3) is 11.1 Å². The Kier molecular flexibility index (Phi) is 7.81. The third-order valence-corrected chi connectivity index (χ3v) is 6.09. The summed E-state index contributed by atoms with van der Waals surface area (Å²) in [5, 5.41) is 12.1. The van der Waals surface area contributed by atoms with Crippen molar-refractivity contribution >= 4 is 23.4 Å². The molecule has 0 saturated heterocycles. The van der Waals surface area contributed by atoms with Gasteiger partial charge in [-0.15, -0.1) is 11.8 Å². The fourth-order valence-electron chi connectivity index (χ4n) is 3.60. The van der Waals surface area contributed by atoms with Gasteiger partial charge >= 0.3 is 0 Å². The summed E-state index contributed by atoms with van der Waals surface area (Å²) in [6.07, 6.45) is 0.239. The van der Waals surface area contributed by atoms with Crippen molar-refractivity contribution in [1.29, 1.82) is 5.26 Å². The van der Waals surface area contributed by atoms with E-state index in [4.69, 9.17) is 4.74 Å². The number of nitrogens with one attached hydrogen (secondary N) is 1. The third kappa shape index (κ3) is 6.50. The first-order chi connectivity index (χ1) is 17.0. The van der Waals surface area contributed by atoms with Crippen molar-refractivity contribution in [3.05, 3.63) is 108 Å². The van der Waals surface area contributed by atoms with Crippen LogP contribution in [0.3, 0.4) is 0 Å². The van der Waals surface area contributed by atoms with E-state index >= 15 is 0 Å².